The molecule has 0 bridgehead atoms. The van der Waals surface area contributed by atoms with Crippen LogP contribution in [0.1, 0.15) is 6.04 Å². The van der Waals surface area contributed by atoms with Crippen molar-refractivity contribution in [1.82, 2.24) is 15.0 Å². The van der Waals surface area contributed by atoms with Gasteiger partial charge in [-0.15, -0.1) is 5.10 Å². The van der Waals surface area contributed by atoms with E-state index in [1.807, 2.05) is 30.3 Å². The molecule has 2 heterocycles. The molecule has 0 aliphatic carbocycles. The zero-order valence-corrected chi connectivity index (χ0v) is 14.4. The maximum atomic E-state index is 10.5. The summed E-state index contributed by atoms with van der Waals surface area (Å²) >= 11 is 0. The highest BCUT2D eigenvalue weighted by molar-refractivity contribution is 5.57. The van der Waals surface area contributed by atoms with Gasteiger partial charge in [0.1, 0.15) is 36.2 Å². The first-order valence-electron chi connectivity index (χ1n) is 8.55. The Balaban J connectivity index is 1.85. The van der Waals surface area contributed by atoms with Crippen molar-refractivity contribution in [3.63, 3.8) is 0 Å². The molecule has 0 radical (unpaired) electrons. The van der Waals surface area contributed by atoms with Gasteiger partial charge < -0.3 is 35.0 Å². The Morgan fingerprint density at radius 2 is 1.89 bits per heavy atom. The Bertz CT molecular complexity index is 714. The molecule has 1 aliphatic rings. The number of benzene rings is 1. The SMILES string of the molecule is OC[C@H](O)CO[C@H]1O[C@H](CO)[C@@H](O)[C@H](O)[C@@H]1n1cc(-c2ccccc2)nn1. The highest BCUT2D eigenvalue weighted by atomic mass is 16.7. The maximum Gasteiger partial charge on any atom is 0.183 e. The van der Waals surface area contributed by atoms with Crippen molar-refractivity contribution in [2.24, 2.45) is 0 Å². The van der Waals surface area contributed by atoms with E-state index in [-0.39, 0.29) is 6.61 Å². The number of hydrogen-bond acceptors (Lipinski definition) is 9. The molecule has 0 unspecified atom stereocenters. The Labute approximate surface area is 155 Å². The van der Waals surface area contributed by atoms with Crippen LogP contribution in [-0.4, -0.2) is 91.1 Å². The molecule has 2 aromatic rings. The van der Waals surface area contributed by atoms with Crippen LogP contribution in [0.3, 0.4) is 0 Å². The molecule has 6 atom stereocenters. The average Bonchev–Trinajstić information content (AvgIpc) is 3.18. The van der Waals surface area contributed by atoms with Gasteiger partial charge in [-0.05, 0) is 0 Å². The number of ether oxygens (including phenoxy) is 2. The van der Waals surface area contributed by atoms with Crippen LogP contribution in [0, 0.1) is 0 Å². The fourth-order valence-electron chi connectivity index (χ4n) is 2.91. The predicted molar refractivity (Wildman–Crippen MR) is 91.3 cm³/mol. The Kier molecular flexibility index (Phi) is 6.50. The highest BCUT2D eigenvalue weighted by Gasteiger charge is 2.46. The first-order chi connectivity index (χ1) is 13.0. The Morgan fingerprint density at radius 3 is 2.56 bits per heavy atom. The molecule has 1 aromatic carbocycles. The summed E-state index contributed by atoms with van der Waals surface area (Å²) in [6.07, 6.45) is -4.49. The molecule has 0 spiro atoms. The molecule has 3 rings (SSSR count). The summed E-state index contributed by atoms with van der Waals surface area (Å²) in [5.74, 6) is 0. The zero-order valence-electron chi connectivity index (χ0n) is 14.4. The molecule has 10 nitrogen and oxygen atoms in total. The lowest BCUT2D eigenvalue weighted by Gasteiger charge is -2.41. The average molecular weight is 381 g/mol. The lowest BCUT2D eigenvalue weighted by molar-refractivity contribution is -0.286. The third-order valence-electron chi connectivity index (χ3n) is 4.40. The van der Waals surface area contributed by atoms with Crippen molar-refractivity contribution in [1.29, 1.82) is 0 Å². The summed E-state index contributed by atoms with van der Waals surface area (Å²) in [6.45, 7) is -1.30. The van der Waals surface area contributed by atoms with E-state index < -0.39 is 50.0 Å². The van der Waals surface area contributed by atoms with E-state index in [1.54, 1.807) is 6.20 Å². The topological polar surface area (TPSA) is 150 Å². The van der Waals surface area contributed by atoms with Gasteiger partial charge in [0.15, 0.2) is 6.29 Å². The van der Waals surface area contributed by atoms with Gasteiger partial charge >= 0.3 is 0 Å². The molecular weight excluding hydrogens is 358 g/mol. The molecule has 5 N–H and O–H groups in total. The third-order valence-corrected chi connectivity index (χ3v) is 4.40. The molecule has 0 saturated carbocycles. The van der Waals surface area contributed by atoms with E-state index >= 15 is 0 Å². The van der Waals surface area contributed by atoms with Crippen LogP contribution in [0.25, 0.3) is 11.3 Å². The minimum atomic E-state index is -1.37. The monoisotopic (exact) mass is 381 g/mol. The molecule has 1 aliphatic heterocycles. The second kappa shape index (κ2) is 8.85. The minimum Gasteiger partial charge on any atom is -0.394 e. The number of hydrogen-bond donors (Lipinski definition) is 5. The van der Waals surface area contributed by atoms with Gasteiger partial charge in [0.2, 0.25) is 0 Å². The first kappa shape index (κ1) is 19.8. The van der Waals surface area contributed by atoms with Gasteiger partial charge in [0.05, 0.1) is 26.0 Å². The van der Waals surface area contributed by atoms with Gasteiger partial charge in [-0.25, -0.2) is 4.68 Å². The highest BCUT2D eigenvalue weighted by Crippen LogP contribution is 2.31. The van der Waals surface area contributed by atoms with Gasteiger partial charge in [0, 0.05) is 5.56 Å². The first-order valence-corrected chi connectivity index (χ1v) is 8.55. The van der Waals surface area contributed by atoms with Crippen molar-refractivity contribution in [3.05, 3.63) is 36.5 Å². The van der Waals surface area contributed by atoms with Crippen molar-refractivity contribution in [2.45, 2.75) is 36.7 Å². The van der Waals surface area contributed by atoms with Crippen LogP contribution in [0.2, 0.25) is 0 Å². The largest absolute Gasteiger partial charge is 0.394 e. The summed E-state index contributed by atoms with van der Waals surface area (Å²) in [6, 6.07) is 8.30. The third kappa shape index (κ3) is 4.33. The van der Waals surface area contributed by atoms with Crippen LogP contribution < -0.4 is 0 Å². The molecule has 1 fully saturated rings. The summed E-state index contributed by atoms with van der Waals surface area (Å²) in [4.78, 5) is 0. The Morgan fingerprint density at radius 1 is 1.15 bits per heavy atom. The number of nitrogens with zero attached hydrogens (tertiary/aromatic N) is 3. The number of aliphatic hydroxyl groups is 5. The molecular formula is C17H23N3O7. The van der Waals surface area contributed by atoms with E-state index in [0.29, 0.717) is 5.69 Å². The van der Waals surface area contributed by atoms with E-state index in [9.17, 15) is 20.4 Å². The lowest BCUT2D eigenvalue weighted by atomic mass is 9.97. The summed E-state index contributed by atoms with van der Waals surface area (Å²) in [7, 11) is 0. The quantitative estimate of drug-likeness (QED) is 0.378. The molecule has 27 heavy (non-hydrogen) atoms. The van der Waals surface area contributed by atoms with Gasteiger partial charge in [0.25, 0.3) is 0 Å². The normalized spacial score (nSPS) is 29.6. The standard InChI is InChI=1S/C17H23N3O7/c21-7-11(23)9-26-17-14(16(25)15(24)13(8-22)27-17)20-6-12(18-19-20)10-4-2-1-3-5-10/h1-6,11,13-17,21-25H,7-9H2/t11-,13+,14-,15+,16+,17-/m0/s1. The van der Waals surface area contributed by atoms with Gasteiger partial charge in [-0.2, -0.15) is 0 Å². The fourth-order valence-corrected chi connectivity index (χ4v) is 2.91. The van der Waals surface area contributed by atoms with Crippen LogP contribution in [0.5, 0.6) is 0 Å². The van der Waals surface area contributed by atoms with Gasteiger partial charge in [-0.1, -0.05) is 35.5 Å². The Hall–Kier alpha value is -1.92. The smallest absolute Gasteiger partial charge is 0.183 e. The van der Waals surface area contributed by atoms with Crippen molar-refractivity contribution >= 4 is 0 Å². The molecule has 10 heteroatoms. The second-order valence-electron chi connectivity index (χ2n) is 6.32. The summed E-state index contributed by atoms with van der Waals surface area (Å²) in [5.41, 5.74) is 1.37. The van der Waals surface area contributed by atoms with Crippen molar-refractivity contribution in [2.75, 3.05) is 19.8 Å². The van der Waals surface area contributed by atoms with E-state index in [2.05, 4.69) is 10.3 Å². The van der Waals surface area contributed by atoms with E-state index in [0.717, 1.165) is 5.56 Å². The number of rotatable bonds is 7. The predicted octanol–water partition coefficient (Wildman–Crippen LogP) is -1.70. The molecule has 1 aromatic heterocycles. The molecule has 148 valence electrons. The van der Waals surface area contributed by atoms with E-state index in [4.69, 9.17) is 14.6 Å². The van der Waals surface area contributed by atoms with Gasteiger partial charge in [-0.3, -0.25) is 0 Å². The van der Waals surface area contributed by atoms with Crippen LogP contribution in [0.15, 0.2) is 36.5 Å². The van der Waals surface area contributed by atoms with E-state index in [1.165, 1.54) is 4.68 Å². The summed E-state index contributed by atoms with van der Waals surface area (Å²) in [5, 5.41) is 56.6. The van der Waals surface area contributed by atoms with Crippen molar-refractivity contribution in [3.8, 4) is 11.3 Å². The molecule has 1 saturated heterocycles. The van der Waals surface area contributed by atoms with Crippen molar-refractivity contribution < 1.29 is 35.0 Å². The fraction of sp³-hybridized carbons (Fsp3) is 0.529. The maximum absolute atomic E-state index is 10.5. The number of aliphatic hydroxyl groups excluding tert-OH is 5. The minimum absolute atomic E-state index is 0.265. The zero-order chi connectivity index (χ0) is 19.4. The second-order valence-corrected chi connectivity index (χ2v) is 6.32. The lowest BCUT2D eigenvalue weighted by Crippen LogP contribution is -2.57. The van der Waals surface area contributed by atoms with Crippen LogP contribution in [0.4, 0.5) is 0 Å². The van der Waals surface area contributed by atoms with Crippen LogP contribution in [-0.2, 0) is 9.47 Å². The van der Waals surface area contributed by atoms with Crippen LogP contribution >= 0.6 is 0 Å². The summed E-state index contributed by atoms with van der Waals surface area (Å²) < 4.78 is 12.3. The molecule has 0 amide bonds. The number of aromatic nitrogens is 3.